The number of rotatable bonds is 3. The molecule has 0 spiro atoms. The standard InChI is InChI=1S/C15H16O3/c1-8-5-11-6-10(3-4-14(11)18-8)15(17)13-7-12(13)9(2)16/h3-4,6,8,12-13H,5,7H2,1-2H3/t8?,12-,13+/m1/s1. The van der Waals surface area contributed by atoms with Crippen molar-refractivity contribution in [3.05, 3.63) is 29.3 Å². The van der Waals surface area contributed by atoms with Crippen molar-refractivity contribution in [2.75, 3.05) is 0 Å². The van der Waals surface area contributed by atoms with Crippen molar-refractivity contribution in [2.24, 2.45) is 11.8 Å². The van der Waals surface area contributed by atoms with Crippen molar-refractivity contribution in [3.8, 4) is 5.75 Å². The summed E-state index contributed by atoms with van der Waals surface area (Å²) in [5.41, 5.74) is 1.83. The lowest BCUT2D eigenvalue weighted by atomic mass is 10.0. The Morgan fingerprint density at radius 1 is 1.28 bits per heavy atom. The average Bonchev–Trinajstić information content (AvgIpc) is 3.03. The van der Waals surface area contributed by atoms with Gasteiger partial charge in [0.15, 0.2) is 5.78 Å². The van der Waals surface area contributed by atoms with Gasteiger partial charge < -0.3 is 4.74 Å². The summed E-state index contributed by atoms with van der Waals surface area (Å²) in [7, 11) is 0. The molecule has 1 heterocycles. The van der Waals surface area contributed by atoms with Crippen LogP contribution < -0.4 is 4.74 Å². The highest BCUT2D eigenvalue weighted by molar-refractivity contribution is 6.03. The van der Waals surface area contributed by atoms with Crippen LogP contribution in [0.4, 0.5) is 0 Å². The van der Waals surface area contributed by atoms with Gasteiger partial charge in [-0.05, 0) is 44.0 Å². The van der Waals surface area contributed by atoms with Gasteiger partial charge in [0.2, 0.25) is 0 Å². The fourth-order valence-electron chi connectivity index (χ4n) is 2.72. The molecule has 0 saturated heterocycles. The van der Waals surface area contributed by atoms with E-state index in [1.54, 1.807) is 6.92 Å². The Morgan fingerprint density at radius 3 is 2.72 bits per heavy atom. The lowest BCUT2D eigenvalue weighted by molar-refractivity contribution is -0.118. The maximum absolute atomic E-state index is 12.2. The van der Waals surface area contributed by atoms with E-state index in [0.29, 0.717) is 0 Å². The van der Waals surface area contributed by atoms with Crippen LogP contribution in [0.3, 0.4) is 0 Å². The first-order chi connectivity index (χ1) is 8.56. The summed E-state index contributed by atoms with van der Waals surface area (Å²) in [4.78, 5) is 23.4. The second-order valence-corrected chi connectivity index (χ2v) is 5.38. The third kappa shape index (κ3) is 1.84. The molecule has 0 N–H and O–H groups in total. The monoisotopic (exact) mass is 244 g/mol. The molecule has 1 aliphatic carbocycles. The van der Waals surface area contributed by atoms with Crippen molar-refractivity contribution >= 4 is 11.6 Å². The Hall–Kier alpha value is -1.64. The van der Waals surface area contributed by atoms with Gasteiger partial charge in [-0.1, -0.05) is 0 Å². The molecule has 0 amide bonds. The van der Waals surface area contributed by atoms with Crippen molar-refractivity contribution in [1.29, 1.82) is 0 Å². The van der Waals surface area contributed by atoms with Gasteiger partial charge in [0.05, 0.1) is 0 Å². The molecule has 1 unspecified atom stereocenters. The largest absolute Gasteiger partial charge is 0.490 e. The number of Topliss-reactive ketones (excluding diaryl/α,β-unsaturated/α-hetero) is 2. The van der Waals surface area contributed by atoms with Gasteiger partial charge in [0, 0.05) is 23.8 Å². The molecule has 18 heavy (non-hydrogen) atoms. The first kappa shape index (κ1) is 11.5. The Balaban J connectivity index is 1.80. The Bertz CT molecular complexity index is 533. The molecule has 0 bridgehead atoms. The van der Waals surface area contributed by atoms with Crippen LogP contribution in [0.1, 0.15) is 36.2 Å². The maximum Gasteiger partial charge on any atom is 0.166 e. The molecule has 1 saturated carbocycles. The SMILES string of the molecule is CC(=O)[C@H]1C[C@@H]1C(=O)c1ccc2c(c1)CC(C)O2. The highest BCUT2D eigenvalue weighted by atomic mass is 16.5. The van der Waals surface area contributed by atoms with Crippen molar-refractivity contribution < 1.29 is 14.3 Å². The van der Waals surface area contributed by atoms with Crippen LogP contribution >= 0.6 is 0 Å². The third-order valence-electron chi connectivity index (χ3n) is 3.83. The summed E-state index contributed by atoms with van der Waals surface area (Å²) in [6, 6.07) is 5.61. The first-order valence-electron chi connectivity index (χ1n) is 6.40. The predicted molar refractivity (Wildman–Crippen MR) is 66.8 cm³/mol. The van der Waals surface area contributed by atoms with Crippen LogP contribution in [-0.2, 0) is 11.2 Å². The fourth-order valence-corrected chi connectivity index (χ4v) is 2.72. The highest BCUT2D eigenvalue weighted by Gasteiger charge is 2.46. The summed E-state index contributed by atoms with van der Waals surface area (Å²) in [5.74, 6) is 1.00. The number of carbonyl (C=O) groups is 2. The van der Waals surface area contributed by atoms with Crippen LogP contribution in [0.2, 0.25) is 0 Å². The maximum atomic E-state index is 12.2. The second-order valence-electron chi connectivity index (χ2n) is 5.38. The number of ketones is 2. The van der Waals surface area contributed by atoms with Crippen LogP contribution in [-0.4, -0.2) is 17.7 Å². The van der Waals surface area contributed by atoms with E-state index >= 15 is 0 Å². The average molecular weight is 244 g/mol. The summed E-state index contributed by atoms with van der Waals surface area (Å²) >= 11 is 0. The van der Waals surface area contributed by atoms with Gasteiger partial charge in [-0.25, -0.2) is 0 Å². The van der Waals surface area contributed by atoms with E-state index in [1.807, 2.05) is 25.1 Å². The van der Waals surface area contributed by atoms with Crippen molar-refractivity contribution in [1.82, 2.24) is 0 Å². The summed E-state index contributed by atoms with van der Waals surface area (Å²) in [5, 5.41) is 0. The van der Waals surface area contributed by atoms with Crippen LogP contribution in [0.25, 0.3) is 0 Å². The molecule has 3 atom stereocenters. The third-order valence-corrected chi connectivity index (χ3v) is 3.83. The zero-order valence-electron chi connectivity index (χ0n) is 10.6. The molecule has 3 heteroatoms. The number of hydrogen-bond donors (Lipinski definition) is 0. The molecular weight excluding hydrogens is 228 g/mol. The van der Waals surface area contributed by atoms with Gasteiger partial charge in [0.1, 0.15) is 17.6 Å². The molecule has 2 aliphatic rings. The van der Waals surface area contributed by atoms with Gasteiger partial charge in [0.25, 0.3) is 0 Å². The molecule has 0 radical (unpaired) electrons. The van der Waals surface area contributed by atoms with Gasteiger partial charge in [-0.2, -0.15) is 0 Å². The number of fused-ring (bicyclic) bond motifs is 1. The summed E-state index contributed by atoms with van der Waals surface area (Å²) in [6.07, 6.45) is 1.77. The van der Waals surface area contributed by atoms with Gasteiger partial charge in [-0.15, -0.1) is 0 Å². The second kappa shape index (κ2) is 3.94. The minimum Gasteiger partial charge on any atom is -0.490 e. The molecule has 1 aliphatic heterocycles. The van der Waals surface area contributed by atoms with E-state index < -0.39 is 0 Å². The quantitative estimate of drug-likeness (QED) is 0.767. The molecule has 1 aromatic rings. The highest BCUT2D eigenvalue weighted by Crippen LogP contribution is 2.42. The molecule has 94 valence electrons. The molecule has 3 nitrogen and oxygen atoms in total. The molecular formula is C15H16O3. The lowest BCUT2D eigenvalue weighted by Crippen LogP contribution is -2.07. The van der Waals surface area contributed by atoms with E-state index in [1.165, 1.54) is 0 Å². The lowest BCUT2D eigenvalue weighted by Gasteiger charge is -2.03. The number of hydrogen-bond acceptors (Lipinski definition) is 3. The van der Waals surface area contributed by atoms with Crippen LogP contribution in [0.5, 0.6) is 5.75 Å². The predicted octanol–water partition coefficient (Wildman–Crippen LogP) is 2.42. The fraction of sp³-hybridized carbons (Fsp3) is 0.467. The zero-order chi connectivity index (χ0) is 12.9. The molecule has 1 aromatic carbocycles. The Kier molecular flexibility index (Phi) is 2.51. The minimum atomic E-state index is -0.0831. The first-order valence-corrected chi connectivity index (χ1v) is 6.40. The Morgan fingerprint density at radius 2 is 2.06 bits per heavy atom. The molecule has 0 aromatic heterocycles. The van der Waals surface area contributed by atoms with E-state index in [4.69, 9.17) is 4.74 Å². The van der Waals surface area contributed by atoms with Crippen LogP contribution in [0.15, 0.2) is 18.2 Å². The normalized spacial score (nSPS) is 28.4. The molecule has 3 rings (SSSR count). The van der Waals surface area contributed by atoms with Crippen LogP contribution in [0, 0.1) is 11.8 Å². The molecule has 1 fully saturated rings. The van der Waals surface area contributed by atoms with Gasteiger partial charge in [-0.3, -0.25) is 9.59 Å². The summed E-state index contributed by atoms with van der Waals surface area (Å²) in [6.45, 7) is 3.59. The minimum absolute atomic E-state index is 0.0408. The smallest absolute Gasteiger partial charge is 0.166 e. The number of benzene rings is 1. The summed E-state index contributed by atoms with van der Waals surface area (Å²) < 4.78 is 5.61. The Labute approximate surface area is 106 Å². The van der Waals surface area contributed by atoms with E-state index in [-0.39, 0.29) is 29.5 Å². The number of carbonyl (C=O) groups excluding carboxylic acids is 2. The van der Waals surface area contributed by atoms with E-state index in [9.17, 15) is 9.59 Å². The van der Waals surface area contributed by atoms with Crippen molar-refractivity contribution in [3.63, 3.8) is 0 Å². The van der Waals surface area contributed by atoms with Gasteiger partial charge >= 0.3 is 0 Å². The zero-order valence-corrected chi connectivity index (χ0v) is 10.6. The van der Waals surface area contributed by atoms with E-state index in [2.05, 4.69) is 0 Å². The topological polar surface area (TPSA) is 43.4 Å². The number of ether oxygens (including phenoxy) is 1. The van der Waals surface area contributed by atoms with E-state index in [0.717, 1.165) is 29.7 Å². The van der Waals surface area contributed by atoms with Crippen molar-refractivity contribution in [2.45, 2.75) is 32.8 Å².